The van der Waals surface area contributed by atoms with Gasteiger partial charge in [0.15, 0.2) is 11.6 Å². The molecule has 1 N–H and O–H groups in total. The highest BCUT2D eigenvalue weighted by atomic mass is 19.2. The van der Waals surface area contributed by atoms with Gasteiger partial charge in [-0.1, -0.05) is 13.3 Å². The van der Waals surface area contributed by atoms with Gasteiger partial charge in [0.2, 0.25) is 0 Å². The van der Waals surface area contributed by atoms with Crippen molar-refractivity contribution >= 4 is 0 Å². The molecule has 4 heteroatoms. The zero-order valence-electron chi connectivity index (χ0n) is 10.0. The number of halogens is 3. The van der Waals surface area contributed by atoms with Crippen LogP contribution >= 0.6 is 0 Å². The Morgan fingerprint density at radius 3 is 2.35 bits per heavy atom. The third-order valence-corrected chi connectivity index (χ3v) is 2.64. The van der Waals surface area contributed by atoms with Crippen LogP contribution < -0.4 is 5.32 Å². The average molecular weight is 245 g/mol. The van der Waals surface area contributed by atoms with E-state index in [1.165, 1.54) is 0 Å². The highest BCUT2D eigenvalue weighted by molar-refractivity contribution is 5.20. The summed E-state index contributed by atoms with van der Waals surface area (Å²) in [5.74, 6) is -2.76. The summed E-state index contributed by atoms with van der Waals surface area (Å²) in [4.78, 5) is 0. The van der Waals surface area contributed by atoms with Crippen LogP contribution in [0.2, 0.25) is 0 Å². The Morgan fingerprint density at radius 1 is 0.941 bits per heavy atom. The molecule has 0 amide bonds. The smallest absolute Gasteiger partial charge is 0.161 e. The summed E-state index contributed by atoms with van der Waals surface area (Å²) < 4.78 is 38.8. The fourth-order valence-corrected chi connectivity index (χ4v) is 1.67. The van der Waals surface area contributed by atoms with Gasteiger partial charge in [-0.25, -0.2) is 13.2 Å². The molecule has 0 spiro atoms. The summed E-state index contributed by atoms with van der Waals surface area (Å²) in [5.41, 5.74) is 0.257. The average Bonchev–Trinajstić information content (AvgIpc) is 2.30. The van der Waals surface area contributed by atoms with Crippen LogP contribution in [0.5, 0.6) is 0 Å². The number of nitrogens with one attached hydrogen (secondary N) is 1. The van der Waals surface area contributed by atoms with Crippen molar-refractivity contribution in [2.45, 2.75) is 32.6 Å². The van der Waals surface area contributed by atoms with Gasteiger partial charge >= 0.3 is 0 Å². The fourth-order valence-electron chi connectivity index (χ4n) is 1.67. The van der Waals surface area contributed by atoms with Gasteiger partial charge in [-0.15, -0.1) is 0 Å². The lowest BCUT2D eigenvalue weighted by Gasteiger charge is -2.05. The molecule has 0 radical (unpaired) electrons. The first-order valence-electron chi connectivity index (χ1n) is 5.99. The first-order chi connectivity index (χ1) is 8.15. The predicted octanol–water partition coefficient (Wildman–Crippen LogP) is 3.43. The standard InChI is InChI=1S/C13H18F3N/c1-2-17-7-5-3-4-6-10-8-12(15)13(16)9-11(10)14/h8-9,17H,2-7H2,1H3. The Labute approximate surface area is 100 Å². The van der Waals surface area contributed by atoms with E-state index in [-0.39, 0.29) is 5.56 Å². The molecule has 1 nitrogen and oxygen atoms in total. The minimum absolute atomic E-state index is 0.257. The van der Waals surface area contributed by atoms with E-state index in [1.54, 1.807) is 0 Å². The van der Waals surface area contributed by atoms with Crippen molar-refractivity contribution in [1.29, 1.82) is 0 Å². The lowest BCUT2D eigenvalue weighted by molar-refractivity contribution is 0.488. The van der Waals surface area contributed by atoms with Crippen LogP contribution in [0.25, 0.3) is 0 Å². The molecule has 1 aromatic carbocycles. The van der Waals surface area contributed by atoms with E-state index in [0.717, 1.165) is 38.4 Å². The number of hydrogen-bond acceptors (Lipinski definition) is 1. The van der Waals surface area contributed by atoms with Crippen LogP contribution in [-0.2, 0) is 6.42 Å². The SMILES string of the molecule is CCNCCCCCc1cc(F)c(F)cc1F. The fraction of sp³-hybridized carbons (Fsp3) is 0.538. The van der Waals surface area contributed by atoms with E-state index in [1.807, 2.05) is 6.92 Å². The molecule has 96 valence electrons. The van der Waals surface area contributed by atoms with Gasteiger partial charge in [-0.2, -0.15) is 0 Å². The van der Waals surface area contributed by atoms with E-state index in [4.69, 9.17) is 0 Å². The summed E-state index contributed by atoms with van der Waals surface area (Å²) in [6.45, 7) is 3.92. The Hall–Kier alpha value is -1.03. The Morgan fingerprint density at radius 2 is 1.65 bits per heavy atom. The van der Waals surface area contributed by atoms with Crippen LogP contribution in [0.3, 0.4) is 0 Å². The number of benzene rings is 1. The third kappa shape index (κ3) is 4.77. The molecule has 17 heavy (non-hydrogen) atoms. The lowest BCUT2D eigenvalue weighted by Crippen LogP contribution is -2.13. The van der Waals surface area contributed by atoms with Crippen molar-refractivity contribution in [3.05, 3.63) is 35.1 Å². The Kier molecular flexibility index (Phi) is 6.05. The zero-order valence-corrected chi connectivity index (χ0v) is 10.0. The monoisotopic (exact) mass is 245 g/mol. The largest absolute Gasteiger partial charge is 0.317 e. The Bertz CT molecular complexity index is 353. The molecule has 0 atom stereocenters. The molecule has 0 bridgehead atoms. The minimum atomic E-state index is -1.13. The van der Waals surface area contributed by atoms with Gasteiger partial charge in [0.25, 0.3) is 0 Å². The van der Waals surface area contributed by atoms with E-state index >= 15 is 0 Å². The molecule has 0 saturated carbocycles. The lowest BCUT2D eigenvalue weighted by atomic mass is 10.1. The number of unbranched alkanes of at least 4 members (excludes halogenated alkanes) is 2. The second kappa shape index (κ2) is 7.33. The summed E-state index contributed by atoms with van der Waals surface area (Å²) >= 11 is 0. The van der Waals surface area contributed by atoms with Gasteiger partial charge in [-0.3, -0.25) is 0 Å². The first kappa shape index (κ1) is 14.0. The highest BCUT2D eigenvalue weighted by Gasteiger charge is 2.09. The second-order valence-corrected chi connectivity index (χ2v) is 4.02. The van der Waals surface area contributed by atoms with Gasteiger partial charge in [0.1, 0.15) is 5.82 Å². The van der Waals surface area contributed by atoms with Gasteiger partial charge in [0.05, 0.1) is 0 Å². The van der Waals surface area contributed by atoms with Crippen molar-refractivity contribution in [2.24, 2.45) is 0 Å². The normalized spacial score (nSPS) is 10.8. The molecule has 1 rings (SSSR count). The zero-order chi connectivity index (χ0) is 12.7. The molecule has 0 aliphatic heterocycles. The first-order valence-corrected chi connectivity index (χ1v) is 5.99. The second-order valence-electron chi connectivity index (χ2n) is 4.02. The molecular formula is C13H18F3N. The molecule has 0 unspecified atom stereocenters. The topological polar surface area (TPSA) is 12.0 Å². The number of hydrogen-bond donors (Lipinski definition) is 1. The van der Waals surface area contributed by atoms with Crippen LogP contribution in [0.4, 0.5) is 13.2 Å². The molecule has 0 heterocycles. The molecule has 0 aromatic heterocycles. The molecule has 0 fully saturated rings. The maximum atomic E-state index is 13.2. The van der Waals surface area contributed by atoms with Crippen LogP contribution in [0, 0.1) is 17.5 Å². The highest BCUT2D eigenvalue weighted by Crippen LogP contribution is 2.16. The van der Waals surface area contributed by atoms with Crippen molar-refractivity contribution in [3.8, 4) is 0 Å². The van der Waals surface area contributed by atoms with Crippen molar-refractivity contribution < 1.29 is 13.2 Å². The van der Waals surface area contributed by atoms with Crippen LogP contribution in [-0.4, -0.2) is 13.1 Å². The predicted molar refractivity (Wildman–Crippen MR) is 62.4 cm³/mol. The summed E-state index contributed by atoms with van der Waals surface area (Å²) in [7, 11) is 0. The van der Waals surface area contributed by atoms with Crippen molar-refractivity contribution in [2.75, 3.05) is 13.1 Å². The number of aryl methyl sites for hydroxylation is 1. The van der Waals surface area contributed by atoms with E-state index in [9.17, 15) is 13.2 Å². The summed E-state index contributed by atoms with van der Waals surface area (Å²) in [5, 5.41) is 3.19. The molecule has 0 aliphatic rings. The summed E-state index contributed by atoms with van der Waals surface area (Å²) in [6, 6.07) is 1.57. The van der Waals surface area contributed by atoms with Gasteiger partial charge in [0, 0.05) is 6.07 Å². The molecule has 1 aromatic rings. The maximum Gasteiger partial charge on any atom is 0.161 e. The molecule has 0 saturated heterocycles. The Balaban J connectivity index is 2.34. The molecular weight excluding hydrogens is 227 g/mol. The number of rotatable bonds is 7. The van der Waals surface area contributed by atoms with E-state index in [2.05, 4.69) is 5.32 Å². The maximum absolute atomic E-state index is 13.2. The van der Waals surface area contributed by atoms with Gasteiger partial charge in [-0.05, 0) is 44.0 Å². The van der Waals surface area contributed by atoms with Crippen molar-refractivity contribution in [3.63, 3.8) is 0 Å². The van der Waals surface area contributed by atoms with Crippen LogP contribution in [0.15, 0.2) is 12.1 Å². The van der Waals surface area contributed by atoms with E-state index < -0.39 is 17.5 Å². The van der Waals surface area contributed by atoms with Crippen LogP contribution in [0.1, 0.15) is 31.7 Å². The summed E-state index contributed by atoms with van der Waals surface area (Å²) in [6.07, 6.45) is 3.20. The van der Waals surface area contributed by atoms with E-state index in [0.29, 0.717) is 12.5 Å². The van der Waals surface area contributed by atoms with Gasteiger partial charge < -0.3 is 5.32 Å². The quantitative estimate of drug-likeness (QED) is 0.573. The minimum Gasteiger partial charge on any atom is -0.317 e. The van der Waals surface area contributed by atoms with Crippen molar-refractivity contribution in [1.82, 2.24) is 5.32 Å². The molecule has 0 aliphatic carbocycles. The third-order valence-electron chi connectivity index (χ3n) is 2.64.